The SMILES string of the molecule is Cc1ccc(-c2nc(N3CCOCC3)sc2C(=O)Nc2ccc(F)cc2)cc1. The molecule has 0 radical (unpaired) electrons. The lowest BCUT2D eigenvalue weighted by Crippen LogP contribution is -2.36. The van der Waals surface area contributed by atoms with Gasteiger partial charge in [0, 0.05) is 24.3 Å². The molecule has 0 unspecified atom stereocenters. The number of ether oxygens (including phenoxy) is 1. The molecule has 3 aromatic rings. The van der Waals surface area contributed by atoms with Crippen molar-refractivity contribution in [2.75, 3.05) is 36.5 Å². The molecule has 1 fully saturated rings. The van der Waals surface area contributed by atoms with E-state index in [1.165, 1.54) is 23.5 Å². The molecule has 7 heteroatoms. The van der Waals surface area contributed by atoms with Crippen LogP contribution in [-0.2, 0) is 4.74 Å². The lowest BCUT2D eigenvalue weighted by molar-refractivity contribution is 0.103. The van der Waals surface area contributed by atoms with Crippen molar-refractivity contribution in [2.24, 2.45) is 0 Å². The van der Waals surface area contributed by atoms with Crippen LogP contribution >= 0.6 is 11.3 Å². The number of hydrogen-bond acceptors (Lipinski definition) is 5. The van der Waals surface area contributed by atoms with Crippen LogP contribution in [0.3, 0.4) is 0 Å². The third kappa shape index (κ3) is 4.05. The van der Waals surface area contributed by atoms with Crippen LogP contribution in [0.5, 0.6) is 0 Å². The average Bonchev–Trinajstić information content (AvgIpc) is 3.17. The average molecular weight is 397 g/mol. The van der Waals surface area contributed by atoms with E-state index in [0.29, 0.717) is 29.5 Å². The van der Waals surface area contributed by atoms with Gasteiger partial charge in [-0.15, -0.1) is 0 Å². The number of hydrogen-bond donors (Lipinski definition) is 1. The van der Waals surface area contributed by atoms with Crippen LogP contribution in [0.15, 0.2) is 48.5 Å². The first-order valence-corrected chi connectivity index (χ1v) is 9.89. The highest BCUT2D eigenvalue weighted by atomic mass is 32.1. The van der Waals surface area contributed by atoms with E-state index in [2.05, 4.69) is 10.2 Å². The maximum absolute atomic E-state index is 13.1. The predicted molar refractivity (Wildman–Crippen MR) is 110 cm³/mol. The van der Waals surface area contributed by atoms with Crippen molar-refractivity contribution in [1.29, 1.82) is 0 Å². The Hall–Kier alpha value is -2.77. The molecule has 28 heavy (non-hydrogen) atoms. The summed E-state index contributed by atoms with van der Waals surface area (Å²) in [4.78, 5) is 20.4. The maximum Gasteiger partial charge on any atom is 0.268 e. The van der Waals surface area contributed by atoms with Gasteiger partial charge >= 0.3 is 0 Å². The minimum Gasteiger partial charge on any atom is -0.378 e. The number of benzene rings is 2. The van der Waals surface area contributed by atoms with Crippen LogP contribution in [0, 0.1) is 12.7 Å². The molecule has 0 saturated carbocycles. The van der Waals surface area contributed by atoms with Gasteiger partial charge in [-0.2, -0.15) is 0 Å². The summed E-state index contributed by atoms with van der Waals surface area (Å²) in [6.45, 7) is 4.82. The van der Waals surface area contributed by atoms with E-state index in [4.69, 9.17) is 9.72 Å². The number of thiazole rings is 1. The minimum absolute atomic E-state index is 0.251. The first kappa shape index (κ1) is 18.6. The number of anilines is 2. The van der Waals surface area contributed by atoms with Gasteiger partial charge < -0.3 is 15.0 Å². The Morgan fingerprint density at radius 3 is 2.46 bits per heavy atom. The molecular weight excluding hydrogens is 377 g/mol. The summed E-state index contributed by atoms with van der Waals surface area (Å²) in [7, 11) is 0. The fraction of sp³-hybridized carbons (Fsp3) is 0.238. The molecule has 1 aliphatic heterocycles. The number of aryl methyl sites for hydroxylation is 1. The van der Waals surface area contributed by atoms with E-state index in [1.807, 2.05) is 31.2 Å². The highest BCUT2D eigenvalue weighted by Crippen LogP contribution is 2.34. The number of aromatic nitrogens is 1. The Morgan fingerprint density at radius 1 is 1.11 bits per heavy atom. The van der Waals surface area contributed by atoms with Gasteiger partial charge in [-0.3, -0.25) is 4.79 Å². The van der Waals surface area contributed by atoms with Gasteiger partial charge in [-0.1, -0.05) is 41.2 Å². The van der Waals surface area contributed by atoms with Crippen LogP contribution in [-0.4, -0.2) is 37.2 Å². The Labute approximate surface area is 166 Å². The molecule has 0 spiro atoms. The second kappa shape index (κ2) is 8.08. The maximum atomic E-state index is 13.1. The summed E-state index contributed by atoms with van der Waals surface area (Å²) < 4.78 is 18.6. The van der Waals surface area contributed by atoms with E-state index < -0.39 is 0 Å². The van der Waals surface area contributed by atoms with Crippen LogP contribution < -0.4 is 10.2 Å². The zero-order valence-electron chi connectivity index (χ0n) is 15.4. The van der Waals surface area contributed by atoms with E-state index in [0.717, 1.165) is 29.3 Å². The second-order valence-electron chi connectivity index (χ2n) is 6.60. The number of carbonyl (C=O) groups is 1. The predicted octanol–water partition coefficient (Wildman–Crippen LogP) is 4.35. The number of halogens is 1. The van der Waals surface area contributed by atoms with E-state index in [9.17, 15) is 9.18 Å². The van der Waals surface area contributed by atoms with Crippen molar-refractivity contribution in [3.05, 3.63) is 64.8 Å². The number of morpholine rings is 1. The first-order valence-electron chi connectivity index (χ1n) is 9.07. The van der Waals surface area contributed by atoms with Crippen LogP contribution in [0.25, 0.3) is 11.3 Å². The normalized spacial score (nSPS) is 14.1. The van der Waals surface area contributed by atoms with Crippen molar-refractivity contribution < 1.29 is 13.9 Å². The Balaban J connectivity index is 1.68. The third-order valence-electron chi connectivity index (χ3n) is 4.53. The topological polar surface area (TPSA) is 54.5 Å². The number of nitrogens with one attached hydrogen (secondary N) is 1. The van der Waals surface area contributed by atoms with Gasteiger partial charge in [-0.05, 0) is 31.2 Å². The molecule has 2 heterocycles. The minimum atomic E-state index is -0.342. The largest absolute Gasteiger partial charge is 0.378 e. The number of nitrogens with zero attached hydrogens (tertiary/aromatic N) is 2. The highest BCUT2D eigenvalue weighted by molar-refractivity contribution is 7.18. The molecule has 1 saturated heterocycles. The molecule has 144 valence electrons. The summed E-state index contributed by atoms with van der Waals surface area (Å²) in [5.74, 6) is -0.593. The van der Waals surface area contributed by atoms with Crippen LogP contribution in [0.2, 0.25) is 0 Å². The fourth-order valence-corrected chi connectivity index (χ4v) is 4.02. The molecule has 1 N–H and O–H groups in total. The highest BCUT2D eigenvalue weighted by Gasteiger charge is 2.23. The third-order valence-corrected chi connectivity index (χ3v) is 5.65. The zero-order chi connectivity index (χ0) is 19.5. The molecule has 1 aliphatic rings. The van der Waals surface area contributed by atoms with Crippen molar-refractivity contribution in [3.63, 3.8) is 0 Å². The fourth-order valence-electron chi connectivity index (χ4n) is 2.98. The lowest BCUT2D eigenvalue weighted by atomic mass is 10.1. The van der Waals surface area contributed by atoms with Crippen molar-refractivity contribution in [2.45, 2.75) is 6.92 Å². The van der Waals surface area contributed by atoms with Gasteiger partial charge in [0.15, 0.2) is 5.13 Å². The number of amides is 1. The Kier molecular flexibility index (Phi) is 5.36. The van der Waals surface area contributed by atoms with Gasteiger partial charge in [0.25, 0.3) is 5.91 Å². The Morgan fingerprint density at radius 2 is 1.79 bits per heavy atom. The summed E-state index contributed by atoms with van der Waals surface area (Å²) in [6.07, 6.45) is 0. The molecule has 1 aromatic heterocycles. The Bertz CT molecular complexity index is 964. The molecular formula is C21H20FN3O2S. The molecule has 0 atom stereocenters. The molecule has 0 aliphatic carbocycles. The molecule has 4 rings (SSSR count). The quantitative estimate of drug-likeness (QED) is 0.711. The second-order valence-corrected chi connectivity index (χ2v) is 7.58. The van der Waals surface area contributed by atoms with E-state index in [-0.39, 0.29) is 11.7 Å². The zero-order valence-corrected chi connectivity index (χ0v) is 16.3. The van der Waals surface area contributed by atoms with Crippen LogP contribution in [0.1, 0.15) is 15.2 Å². The molecule has 5 nitrogen and oxygen atoms in total. The van der Waals surface area contributed by atoms with Gasteiger partial charge in [-0.25, -0.2) is 9.37 Å². The molecule has 0 bridgehead atoms. The van der Waals surface area contributed by atoms with E-state index in [1.54, 1.807) is 12.1 Å². The van der Waals surface area contributed by atoms with Gasteiger partial charge in [0.05, 0.1) is 18.9 Å². The van der Waals surface area contributed by atoms with Gasteiger partial charge in [0.2, 0.25) is 0 Å². The smallest absolute Gasteiger partial charge is 0.268 e. The van der Waals surface area contributed by atoms with Crippen molar-refractivity contribution in [3.8, 4) is 11.3 Å². The van der Waals surface area contributed by atoms with Crippen LogP contribution in [0.4, 0.5) is 15.2 Å². The number of carbonyl (C=O) groups excluding carboxylic acids is 1. The van der Waals surface area contributed by atoms with Gasteiger partial charge in [0.1, 0.15) is 10.7 Å². The summed E-state index contributed by atoms with van der Waals surface area (Å²) in [6, 6.07) is 13.7. The molecule has 2 aromatic carbocycles. The van der Waals surface area contributed by atoms with Crippen molar-refractivity contribution >= 4 is 28.1 Å². The molecule has 1 amide bonds. The summed E-state index contributed by atoms with van der Waals surface area (Å²) >= 11 is 1.37. The monoisotopic (exact) mass is 397 g/mol. The number of rotatable bonds is 4. The summed E-state index contributed by atoms with van der Waals surface area (Å²) in [5, 5.41) is 3.65. The first-order chi connectivity index (χ1) is 13.6. The standard InChI is InChI=1S/C21H20FN3O2S/c1-14-2-4-15(5-3-14)18-19(20(26)23-17-8-6-16(22)7-9-17)28-21(24-18)25-10-12-27-13-11-25/h2-9H,10-13H2,1H3,(H,23,26). The van der Waals surface area contributed by atoms with Crippen molar-refractivity contribution in [1.82, 2.24) is 4.98 Å². The summed E-state index contributed by atoms with van der Waals surface area (Å²) in [5.41, 5.74) is 3.24. The lowest BCUT2D eigenvalue weighted by Gasteiger charge is -2.26. The van der Waals surface area contributed by atoms with E-state index >= 15 is 0 Å².